The first-order valence-corrected chi connectivity index (χ1v) is 3.82. The van der Waals surface area contributed by atoms with Gasteiger partial charge in [0.25, 0.3) is 0 Å². The highest BCUT2D eigenvalue weighted by Crippen LogP contribution is 2.19. The van der Waals surface area contributed by atoms with E-state index in [2.05, 4.69) is 0 Å². The van der Waals surface area contributed by atoms with Gasteiger partial charge in [0.05, 0.1) is 5.88 Å². The van der Waals surface area contributed by atoms with Gasteiger partial charge in [-0.3, -0.25) is 4.79 Å². The molecule has 1 rings (SSSR count). The summed E-state index contributed by atoms with van der Waals surface area (Å²) >= 11 is 5.43. The number of carbonyl (C=O) groups is 1. The second kappa shape index (κ2) is 2.80. The Labute approximate surface area is 70.2 Å². The van der Waals surface area contributed by atoms with Gasteiger partial charge in [0, 0.05) is 0 Å². The van der Waals surface area contributed by atoms with Crippen LogP contribution in [0.3, 0.4) is 0 Å². The lowest BCUT2D eigenvalue weighted by molar-refractivity contribution is -0.126. The Balaban J connectivity index is 2.98. The summed E-state index contributed by atoms with van der Waals surface area (Å²) < 4.78 is 0. The molecular formula is C8H9ClO2. The number of rotatable bonds is 1. The van der Waals surface area contributed by atoms with Crippen LogP contribution in [0.4, 0.5) is 0 Å². The lowest BCUT2D eigenvalue weighted by atomic mass is 9.93. The summed E-state index contributed by atoms with van der Waals surface area (Å²) in [6, 6.07) is 0. The predicted molar refractivity (Wildman–Crippen MR) is 43.6 cm³/mol. The van der Waals surface area contributed by atoms with Crippen LogP contribution in [0.25, 0.3) is 0 Å². The quantitative estimate of drug-likeness (QED) is 0.601. The van der Waals surface area contributed by atoms with Crippen LogP contribution >= 0.6 is 11.6 Å². The molecule has 11 heavy (non-hydrogen) atoms. The number of ketones is 1. The fourth-order valence-electron chi connectivity index (χ4n) is 0.952. The minimum Gasteiger partial charge on any atom is -0.376 e. The molecule has 0 saturated carbocycles. The van der Waals surface area contributed by atoms with E-state index in [9.17, 15) is 9.90 Å². The Morgan fingerprint density at radius 1 is 1.64 bits per heavy atom. The summed E-state index contributed by atoms with van der Waals surface area (Å²) in [5.74, 6) is -0.439. The topological polar surface area (TPSA) is 37.3 Å². The molecule has 0 aromatic carbocycles. The van der Waals surface area contributed by atoms with Crippen molar-refractivity contribution in [1.82, 2.24) is 0 Å². The maximum absolute atomic E-state index is 11.0. The van der Waals surface area contributed by atoms with E-state index in [1.165, 1.54) is 12.2 Å². The fourth-order valence-corrected chi connectivity index (χ4v) is 1.16. The van der Waals surface area contributed by atoms with Crippen molar-refractivity contribution < 1.29 is 9.90 Å². The van der Waals surface area contributed by atoms with E-state index in [0.717, 1.165) is 5.57 Å². The highest BCUT2D eigenvalue weighted by Gasteiger charge is 2.32. The van der Waals surface area contributed by atoms with Gasteiger partial charge in [0.1, 0.15) is 0 Å². The van der Waals surface area contributed by atoms with Crippen LogP contribution in [-0.4, -0.2) is 22.4 Å². The van der Waals surface area contributed by atoms with Gasteiger partial charge >= 0.3 is 0 Å². The smallest absolute Gasteiger partial charge is 0.192 e. The average Bonchev–Trinajstić information content (AvgIpc) is 1.98. The van der Waals surface area contributed by atoms with Gasteiger partial charge in [-0.25, -0.2) is 0 Å². The zero-order chi connectivity index (χ0) is 8.48. The minimum atomic E-state index is -1.47. The first-order chi connectivity index (χ1) is 5.08. The van der Waals surface area contributed by atoms with Crippen LogP contribution in [-0.2, 0) is 4.79 Å². The lowest BCUT2D eigenvalue weighted by Crippen LogP contribution is -2.38. The highest BCUT2D eigenvalue weighted by atomic mass is 35.5. The van der Waals surface area contributed by atoms with Gasteiger partial charge in [-0.1, -0.05) is 11.6 Å². The molecule has 0 bridgehead atoms. The van der Waals surface area contributed by atoms with Gasteiger partial charge in [0.2, 0.25) is 0 Å². The normalized spacial score (nSPS) is 30.5. The highest BCUT2D eigenvalue weighted by molar-refractivity contribution is 6.22. The molecule has 1 N–H and O–H groups in total. The Morgan fingerprint density at radius 3 is 2.73 bits per heavy atom. The van der Waals surface area contributed by atoms with Crippen molar-refractivity contribution in [1.29, 1.82) is 0 Å². The Morgan fingerprint density at radius 2 is 2.27 bits per heavy atom. The van der Waals surface area contributed by atoms with Crippen molar-refractivity contribution in [3.63, 3.8) is 0 Å². The molecular weight excluding hydrogens is 164 g/mol. The summed E-state index contributed by atoms with van der Waals surface area (Å²) in [5, 5.41) is 9.51. The second-order valence-electron chi connectivity index (χ2n) is 2.64. The van der Waals surface area contributed by atoms with Gasteiger partial charge in [0.15, 0.2) is 11.4 Å². The maximum atomic E-state index is 11.0. The van der Waals surface area contributed by atoms with Crippen LogP contribution in [0.15, 0.2) is 23.8 Å². The summed E-state index contributed by atoms with van der Waals surface area (Å²) in [6.45, 7) is 1.81. The Bertz CT molecular complexity index is 242. The summed E-state index contributed by atoms with van der Waals surface area (Å²) in [4.78, 5) is 11.0. The van der Waals surface area contributed by atoms with Gasteiger partial charge in [-0.05, 0) is 19.1 Å². The van der Waals surface area contributed by atoms with Crippen molar-refractivity contribution in [3.8, 4) is 0 Å². The molecule has 0 saturated heterocycles. The summed E-state index contributed by atoms with van der Waals surface area (Å²) in [6.07, 6.45) is 4.48. The number of aliphatic hydroxyl groups is 1. The zero-order valence-corrected chi connectivity index (χ0v) is 6.93. The number of hydrogen-bond donors (Lipinski definition) is 1. The lowest BCUT2D eigenvalue weighted by Gasteiger charge is -2.21. The molecule has 0 aliphatic heterocycles. The molecule has 0 aromatic rings. The molecule has 3 heteroatoms. The third kappa shape index (κ3) is 1.52. The van der Waals surface area contributed by atoms with E-state index in [4.69, 9.17) is 11.6 Å². The third-order valence-electron chi connectivity index (χ3n) is 1.59. The monoisotopic (exact) mass is 172 g/mol. The van der Waals surface area contributed by atoms with Crippen LogP contribution in [0, 0.1) is 0 Å². The molecule has 2 nitrogen and oxygen atoms in total. The van der Waals surface area contributed by atoms with E-state index >= 15 is 0 Å². The number of hydrogen-bond acceptors (Lipinski definition) is 2. The number of halogens is 1. The first-order valence-electron chi connectivity index (χ1n) is 3.29. The number of carbonyl (C=O) groups excluding carboxylic acids is 1. The van der Waals surface area contributed by atoms with Crippen molar-refractivity contribution in [2.75, 3.05) is 5.88 Å². The van der Waals surface area contributed by atoms with Crippen molar-refractivity contribution >= 4 is 17.4 Å². The summed E-state index contributed by atoms with van der Waals surface area (Å²) in [7, 11) is 0. The van der Waals surface area contributed by atoms with Crippen molar-refractivity contribution in [3.05, 3.63) is 23.8 Å². The Kier molecular flexibility index (Phi) is 2.16. The SMILES string of the molecule is CC1=CC(O)(CCl)C(=O)C=C1. The molecule has 0 spiro atoms. The molecule has 1 aliphatic carbocycles. The Hall–Kier alpha value is -0.600. The van der Waals surface area contributed by atoms with E-state index < -0.39 is 5.60 Å². The van der Waals surface area contributed by atoms with Crippen LogP contribution in [0.1, 0.15) is 6.92 Å². The molecule has 0 radical (unpaired) electrons. The van der Waals surface area contributed by atoms with E-state index in [0.29, 0.717) is 0 Å². The molecule has 1 unspecified atom stereocenters. The first kappa shape index (κ1) is 8.50. The number of allylic oxidation sites excluding steroid dienone is 2. The molecule has 0 heterocycles. The summed E-state index contributed by atoms with van der Waals surface area (Å²) in [5.41, 5.74) is -0.617. The minimum absolute atomic E-state index is 0.0898. The average molecular weight is 173 g/mol. The predicted octanol–water partition coefficient (Wildman–Crippen LogP) is 1.04. The molecule has 0 fully saturated rings. The van der Waals surface area contributed by atoms with Crippen LogP contribution < -0.4 is 0 Å². The molecule has 1 atom stereocenters. The van der Waals surface area contributed by atoms with E-state index in [1.54, 1.807) is 13.0 Å². The molecule has 0 amide bonds. The maximum Gasteiger partial charge on any atom is 0.192 e. The van der Waals surface area contributed by atoms with E-state index in [1.807, 2.05) is 0 Å². The largest absolute Gasteiger partial charge is 0.376 e. The van der Waals surface area contributed by atoms with Gasteiger partial charge < -0.3 is 5.11 Å². The fraction of sp³-hybridized carbons (Fsp3) is 0.375. The van der Waals surface area contributed by atoms with Gasteiger partial charge in [-0.2, -0.15) is 0 Å². The standard InChI is InChI=1S/C8H9ClO2/c1-6-2-3-7(10)8(11,4-6)5-9/h2-4,11H,5H2,1H3. The molecule has 1 aliphatic rings. The van der Waals surface area contributed by atoms with Crippen LogP contribution in [0.5, 0.6) is 0 Å². The van der Waals surface area contributed by atoms with Gasteiger partial charge in [-0.15, -0.1) is 11.6 Å². The van der Waals surface area contributed by atoms with Crippen molar-refractivity contribution in [2.45, 2.75) is 12.5 Å². The molecule has 60 valence electrons. The van der Waals surface area contributed by atoms with E-state index in [-0.39, 0.29) is 11.7 Å². The third-order valence-corrected chi connectivity index (χ3v) is 2.00. The number of alkyl halides is 1. The zero-order valence-electron chi connectivity index (χ0n) is 6.17. The van der Waals surface area contributed by atoms with Crippen molar-refractivity contribution in [2.24, 2.45) is 0 Å². The van der Waals surface area contributed by atoms with Crippen LogP contribution in [0.2, 0.25) is 0 Å². The molecule has 0 aromatic heterocycles. The second-order valence-corrected chi connectivity index (χ2v) is 2.91.